The number of aromatic amines is 1. The average Bonchev–Trinajstić information content (AvgIpc) is 3.48. The maximum absolute atomic E-state index is 14.1. The number of fused-ring (bicyclic) bond motifs is 1. The molecule has 3 aromatic heterocycles. The molecule has 7 nitrogen and oxygen atoms in total. The number of methoxy groups -OCH3 is 1. The number of thiol groups is 1. The van der Waals surface area contributed by atoms with Crippen LogP contribution in [0, 0.1) is 5.82 Å². The zero-order chi connectivity index (χ0) is 22.2. The fourth-order valence-electron chi connectivity index (χ4n) is 3.51. The summed E-state index contributed by atoms with van der Waals surface area (Å²) in [6, 6.07) is 15.7. The van der Waals surface area contributed by atoms with E-state index in [0.29, 0.717) is 23.1 Å². The molecule has 0 saturated carbocycles. The number of nitrogens with one attached hydrogen (secondary N) is 1. The molecule has 0 aliphatic carbocycles. The lowest BCUT2D eigenvalue weighted by molar-refractivity contribution is 0.412. The van der Waals surface area contributed by atoms with E-state index >= 15 is 0 Å². The smallest absolute Gasteiger partial charge is 0.261 e. The summed E-state index contributed by atoms with van der Waals surface area (Å²) in [7, 11) is 1.59. The van der Waals surface area contributed by atoms with Gasteiger partial charge in [-0.05, 0) is 35.7 Å². The maximum atomic E-state index is 14.1. The zero-order valence-corrected chi connectivity index (χ0v) is 18.4. The van der Waals surface area contributed by atoms with Crippen molar-refractivity contribution in [2.75, 3.05) is 7.11 Å². The van der Waals surface area contributed by atoms with E-state index in [-0.39, 0.29) is 16.7 Å². The molecular formula is C22H16FN5O2S2. The number of para-hydroxylation sites is 2. The van der Waals surface area contributed by atoms with Crippen molar-refractivity contribution in [2.45, 2.75) is 5.25 Å². The fourth-order valence-corrected chi connectivity index (χ4v) is 4.50. The van der Waals surface area contributed by atoms with Gasteiger partial charge in [-0.25, -0.2) is 9.37 Å². The second-order valence-corrected chi connectivity index (χ2v) is 8.32. The van der Waals surface area contributed by atoms with E-state index in [2.05, 4.69) is 20.2 Å². The van der Waals surface area contributed by atoms with E-state index in [1.807, 2.05) is 46.3 Å². The first kappa shape index (κ1) is 20.4. The van der Waals surface area contributed by atoms with Crippen molar-refractivity contribution in [3.63, 3.8) is 0 Å². The van der Waals surface area contributed by atoms with Gasteiger partial charge in [0.25, 0.3) is 5.56 Å². The van der Waals surface area contributed by atoms with Crippen LogP contribution in [0.15, 0.2) is 64.8 Å². The molecular weight excluding hydrogens is 449 g/mol. The number of nitrogens with zero attached hydrogens (tertiary/aromatic N) is 4. The predicted molar refractivity (Wildman–Crippen MR) is 124 cm³/mol. The van der Waals surface area contributed by atoms with Crippen LogP contribution < -0.4 is 10.3 Å². The van der Waals surface area contributed by atoms with E-state index in [1.54, 1.807) is 13.2 Å². The Morgan fingerprint density at radius 1 is 1.12 bits per heavy atom. The van der Waals surface area contributed by atoms with Gasteiger partial charge in [0.15, 0.2) is 11.6 Å². The molecule has 0 bridgehead atoms. The first-order valence-corrected chi connectivity index (χ1v) is 11.0. The van der Waals surface area contributed by atoms with Gasteiger partial charge in [0, 0.05) is 0 Å². The summed E-state index contributed by atoms with van der Waals surface area (Å²) < 4.78 is 21.5. The highest BCUT2D eigenvalue weighted by Gasteiger charge is 2.26. The van der Waals surface area contributed by atoms with Crippen molar-refractivity contribution in [1.82, 2.24) is 24.7 Å². The van der Waals surface area contributed by atoms with Crippen LogP contribution in [-0.4, -0.2) is 31.8 Å². The Hall–Kier alpha value is -3.50. The summed E-state index contributed by atoms with van der Waals surface area (Å²) in [6.45, 7) is 0. The first-order chi connectivity index (χ1) is 15.6. The van der Waals surface area contributed by atoms with Crippen LogP contribution >= 0.6 is 24.0 Å². The Morgan fingerprint density at radius 2 is 1.97 bits per heavy atom. The van der Waals surface area contributed by atoms with Crippen LogP contribution in [0.2, 0.25) is 0 Å². The first-order valence-electron chi connectivity index (χ1n) is 9.57. The van der Waals surface area contributed by atoms with Crippen LogP contribution in [-0.2, 0) is 0 Å². The average molecular weight is 466 g/mol. The van der Waals surface area contributed by atoms with Gasteiger partial charge in [-0.15, -0.1) is 21.5 Å². The molecule has 0 saturated heterocycles. The summed E-state index contributed by atoms with van der Waals surface area (Å²) in [5.41, 5.74) is 0.375. The van der Waals surface area contributed by atoms with E-state index in [4.69, 9.17) is 17.4 Å². The molecule has 0 aliphatic heterocycles. The summed E-state index contributed by atoms with van der Waals surface area (Å²) in [4.78, 5) is 20.6. The summed E-state index contributed by atoms with van der Waals surface area (Å²) in [5.74, 6) is 1.26. The molecule has 160 valence electrons. The number of hydrogen-bond donors (Lipinski definition) is 2. The second kappa shape index (κ2) is 8.21. The molecule has 10 heteroatoms. The lowest BCUT2D eigenvalue weighted by Crippen LogP contribution is -2.17. The van der Waals surface area contributed by atoms with Crippen molar-refractivity contribution >= 4 is 34.9 Å². The third-order valence-corrected chi connectivity index (χ3v) is 6.30. The molecule has 0 fully saturated rings. The van der Waals surface area contributed by atoms with Crippen LogP contribution in [0.5, 0.6) is 5.75 Å². The molecule has 3 heterocycles. The minimum absolute atomic E-state index is 0.0951. The van der Waals surface area contributed by atoms with Gasteiger partial charge in [0.2, 0.25) is 0 Å². The number of ether oxygens (including phenoxy) is 1. The standard InChI is InChI=1S/C22H16FN5O2S2/c1-30-15-9-3-2-8-14(15)28-20(16-10-5-11-32-16)26-27-21(28)18(31)19-24-13-7-4-6-12(23)17(13)22(29)25-19/h2-11,18,31H,1H3,(H,24,25,29). The molecule has 0 amide bonds. The highest BCUT2D eigenvalue weighted by Crippen LogP contribution is 2.35. The molecule has 5 aromatic rings. The number of thiophene rings is 1. The Bertz CT molecular complexity index is 1480. The predicted octanol–water partition coefficient (Wildman–Crippen LogP) is 4.40. The minimum atomic E-state index is -0.749. The molecule has 1 N–H and O–H groups in total. The number of H-pyrrole nitrogens is 1. The van der Waals surface area contributed by atoms with Gasteiger partial charge >= 0.3 is 0 Å². The molecule has 0 aliphatic rings. The molecule has 0 spiro atoms. The van der Waals surface area contributed by atoms with Gasteiger partial charge in [-0.3, -0.25) is 9.36 Å². The normalized spacial score (nSPS) is 12.2. The Kier molecular flexibility index (Phi) is 5.24. The van der Waals surface area contributed by atoms with Crippen molar-refractivity contribution in [3.8, 4) is 22.1 Å². The quantitative estimate of drug-likeness (QED) is 0.376. The molecule has 1 atom stereocenters. The lowest BCUT2D eigenvalue weighted by Gasteiger charge is -2.16. The van der Waals surface area contributed by atoms with Crippen molar-refractivity contribution in [3.05, 3.63) is 87.8 Å². The van der Waals surface area contributed by atoms with Crippen LogP contribution in [0.1, 0.15) is 16.9 Å². The van der Waals surface area contributed by atoms with Gasteiger partial charge < -0.3 is 9.72 Å². The van der Waals surface area contributed by atoms with E-state index < -0.39 is 16.6 Å². The number of aromatic nitrogens is 5. The highest BCUT2D eigenvalue weighted by molar-refractivity contribution is 7.80. The van der Waals surface area contributed by atoms with Crippen LogP contribution in [0.25, 0.3) is 27.3 Å². The molecule has 1 unspecified atom stereocenters. The number of hydrogen-bond acceptors (Lipinski definition) is 7. The summed E-state index contributed by atoms with van der Waals surface area (Å²) in [6.07, 6.45) is 0. The van der Waals surface area contributed by atoms with Crippen LogP contribution in [0.4, 0.5) is 4.39 Å². The Morgan fingerprint density at radius 3 is 2.75 bits per heavy atom. The van der Waals surface area contributed by atoms with Gasteiger partial charge in [-0.1, -0.05) is 24.3 Å². The highest BCUT2D eigenvalue weighted by atomic mass is 32.1. The number of benzene rings is 2. The SMILES string of the molecule is COc1ccccc1-n1c(-c2cccs2)nnc1C(S)c1nc2cccc(F)c2c(=O)[nH]1. The van der Waals surface area contributed by atoms with E-state index in [1.165, 1.54) is 23.5 Å². The third kappa shape index (κ3) is 3.37. The minimum Gasteiger partial charge on any atom is -0.495 e. The van der Waals surface area contributed by atoms with Crippen LogP contribution in [0.3, 0.4) is 0 Å². The maximum Gasteiger partial charge on any atom is 0.261 e. The Balaban J connectivity index is 1.72. The van der Waals surface area contributed by atoms with Crippen molar-refractivity contribution < 1.29 is 9.13 Å². The van der Waals surface area contributed by atoms with Gasteiger partial charge in [-0.2, -0.15) is 12.6 Å². The number of halogens is 1. The fraction of sp³-hybridized carbons (Fsp3) is 0.0909. The third-order valence-electron chi connectivity index (χ3n) is 4.96. The van der Waals surface area contributed by atoms with E-state index in [0.717, 1.165) is 4.88 Å². The summed E-state index contributed by atoms with van der Waals surface area (Å²) >= 11 is 6.24. The Labute approximate surface area is 191 Å². The molecule has 32 heavy (non-hydrogen) atoms. The largest absolute Gasteiger partial charge is 0.495 e. The van der Waals surface area contributed by atoms with Crippen molar-refractivity contribution in [1.29, 1.82) is 0 Å². The summed E-state index contributed by atoms with van der Waals surface area (Å²) in [5, 5.41) is 9.88. The zero-order valence-electron chi connectivity index (χ0n) is 16.7. The van der Waals surface area contributed by atoms with Crippen molar-refractivity contribution in [2.24, 2.45) is 0 Å². The monoisotopic (exact) mass is 465 g/mol. The lowest BCUT2D eigenvalue weighted by atomic mass is 10.2. The molecule has 5 rings (SSSR count). The molecule has 0 radical (unpaired) electrons. The number of rotatable bonds is 5. The van der Waals surface area contributed by atoms with E-state index in [9.17, 15) is 9.18 Å². The molecule has 2 aromatic carbocycles. The second-order valence-electron chi connectivity index (χ2n) is 6.85. The van der Waals surface area contributed by atoms with Gasteiger partial charge in [0.05, 0.1) is 23.2 Å². The van der Waals surface area contributed by atoms with Gasteiger partial charge in [0.1, 0.15) is 28.0 Å². The topological polar surface area (TPSA) is 85.7 Å².